The molecule has 1 saturated carbocycles. The molecule has 0 aromatic heterocycles. The van der Waals surface area contributed by atoms with Gasteiger partial charge in [0, 0.05) is 31.9 Å². The first-order chi connectivity index (χ1) is 9.20. The summed E-state index contributed by atoms with van der Waals surface area (Å²) in [6.07, 6.45) is 3.45. The molecule has 1 aliphatic carbocycles. The molecule has 19 heavy (non-hydrogen) atoms. The average molecular weight is 268 g/mol. The van der Waals surface area contributed by atoms with E-state index >= 15 is 0 Å². The molecule has 0 unspecified atom stereocenters. The minimum absolute atomic E-state index is 0.304. The molecular formula is C14H21FN2O2. The predicted molar refractivity (Wildman–Crippen MR) is 74.0 cm³/mol. The van der Waals surface area contributed by atoms with E-state index in [-0.39, 0.29) is 5.82 Å². The minimum atomic E-state index is -0.364. The van der Waals surface area contributed by atoms with E-state index in [1.165, 1.54) is 26.0 Å². The SMILES string of the molecule is COc1cc(NCCCOCC2CC2)c(F)cc1N. The van der Waals surface area contributed by atoms with Crippen molar-refractivity contribution in [1.29, 1.82) is 0 Å². The number of nitrogens with one attached hydrogen (secondary N) is 1. The maximum Gasteiger partial charge on any atom is 0.148 e. The Morgan fingerprint density at radius 2 is 2.21 bits per heavy atom. The molecule has 0 spiro atoms. The van der Waals surface area contributed by atoms with Gasteiger partial charge in [-0.05, 0) is 25.2 Å². The summed E-state index contributed by atoms with van der Waals surface area (Å²) in [5.74, 6) is 0.901. The van der Waals surface area contributed by atoms with Gasteiger partial charge in [-0.25, -0.2) is 4.39 Å². The highest BCUT2D eigenvalue weighted by Crippen LogP contribution is 2.29. The van der Waals surface area contributed by atoms with Crippen LogP contribution < -0.4 is 15.8 Å². The zero-order valence-electron chi connectivity index (χ0n) is 11.2. The number of ether oxygens (including phenoxy) is 2. The summed E-state index contributed by atoms with van der Waals surface area (Å²) in [7, 11) is 1.51. The maximum absolute atomic E-state index is 13.6. The summed E-state index contributed by atoms with van der Waals surface area (Å²) in [4.78, 5) is 0. The average Bonchev–Trinajstić information content (AvgIpc) is 3.20. The number of benzene rings is 1. The highest BCUT2D eigenvalue weighted by molar-refractivity contribution is 5.62. The van der Waals surface area contributed by atoms with Crippen molar-refractivity contribution in [3.05, 3.63) is 17.9 Å². The van der Waals surface area contributed by atoms with Gasteiger partial charge >= 0.3 is 0 Å². The Labute approximate surface area is 113 Å². The molecule has 3 N–H and O–H groups in total. The fourth-order valence-electron chi connectivity index (χ4n) is 1.81. The van der Waals surface area contributed by atoms with Crippen molar-refractivity contribution >= 4 is 11.4 Å². The van der Waals surface area contributed by atoms with Crippen LogP contribution in [-0.4, -0.2) is 26.9 Å². The van der Waals surface area contributed by atoms with E-state index in [9.17, 15) is 4.39 Å². The normalized spacial score (nSPS) is 14.4. The largest absolute Gasteiger partial charge is 0.495 e. The van der Waals surface area contributed by atoms with E-state index in [4.69, 9.17) is 15.2 Å². The second kappa shape index (κ2) is 6.61. The van der Waals surface area contributed by atoms with Crippen LogP contribution in [0.4, 0.5) is 15.8 Å². The lowest BCUT2D eigenvalue weighted by Crippen LogP contribution is -2.08. The van der Waals surface area contributed by atoms with Crippen molar-refractivity contribution in [1.82, 2.24) is 0 Å². The smallest absolute Gasteiger partial charge is 0.148 e. The number of nitrogen functional groups attached to an aromatic ring is 1. The lowest BCUT2D eigenvalue weighted by Gasteiger charge is -2.11. The monoisotopic (exact) mass is 268 g/mol. The first kappa shape index (κ1) is 13.9. The quantitative estimate of drug-likeness (QED) is 0.562. The molecule has 1 fully saturated rings. The van der Waals surface area contributed by atoms with Crippen LogP contribution in [0, 0.1) is 11.7 Å². The van der Waals surface area contributed by atoms with E-state index in [0.29, 0.717) is 30.3 Å². The summed E-state index contributed by atoms with van der Waals surface area (Å²) in [5, 5.41) is 3.03. The van der Waals surface area contributed by atoms with Gasteiger partial charge in [-0.2, -0.15) is 0 Å². The Kier molecular flexibility index (Phi) is 4.85. The second-order valence-electron chi connectivity index (χ2n) is 4.87. The Balaban J connectivity index is 1.71. The molecule has 1 aliphatic rings. The molecule has 0 amide bonds. The van der Waals surface area contributed by atoms with E-state index in [2.05, 4.69) is 5.32 Å². The first-order valence-electron chi connectivity index (χ1n) is 6.65. The van der Waals surface area contributed by atoms with Gasteiger partial charge in [-0.15, -0.1) is 0 Å². The Bertz CT molecular complexity index is 422. The molecule has 0 aliphatic heterocycles. The van der Waals surface area contributed by atoms with Crippen LogP contribution in [0.3, 0.4) is 0 Å². The third kappa shape index (κ3) is 4.28. The number of hydrogen-bond donors (Lipinski definition) is 2. The first-order valence-corrected chi connectivity index (χ1v) is 6.65. The molecule has 106 valence electrons. The summed E-state index contributed by atoms with van der Waals surface area (Å²) in [6.45, 7) is 2.23. The minimum Gasteiger partial charge on any atom is -0.495 e. The van der Waals surface area contributed by atoms with Gasteiger partial charge in [-0.3, -0.25) is 0 Å². The predicted octanol–water partition coefficient (Wildman–Crippen LogP) is 2.65. The van der Waals surface area contributed by atoms with E-state index in [0.717, 1.165) is 18.9 Å². The summed E-state index contributed by atoms with van der Waals surface area (Å²) < 4.78 is 24.2. The van der Waals surface area contributed by atoms with Crippen LogP contribution >= 0.6 is 0 Å². The van der Waals surface area contributed by atoms with E-state index < -0.39 is 0 Å². The molecular weight excluding hydrogens is 247 g/mol. The molecule has 4 nitrogen and oxygen atoms in total. The second-order valence-corrected chi connectivity index (χ2v) is 4.87. The van der Waals surface area contributed by atoms with Crippen molar-refractivity contribution in [2.75, 3.05) is 37.9 Å². The zero-order chi connectivity index (χ0) is 13.7. The molecule has 2 rings (SSSR count). The number of halogens is 1. The Morgan fingerprint density at radius 1 is 1.42 bits per heavy atom. The number of hydrogen-bond acceptors (Lipinski definition) is 4. The van der Waals surface area contributed by atoms with Crippen molar-refractivity contribution in [3.8, 4) is 5.75 Å². The highest BCUT2D eigenvalue weighted by atomic mass is 19.1. The molecule has 0 heterocycles. The van der Waals surface area contributed by atoms with Crippen molar-refractivity contribution < 1.29 is 13.9 Å². The number of methoxy groups -OCH3 is 1. The van der Waals surface area contributed by atoms with Gasteiger partial charge in [-0.1, -0.05) is 0 Å². The van der Waals surface area contributed by atoms with Crippen LogP contribution in [0.1, 0.15) is 19.3 Å². The Morgan fingerprint density at radius 3 is 2.89 bits per heavy atom. The van der Waals surface area contributed by atoms with Crippen LogP contribution in [0.5, 0.6) is 5.75 Å². The topological polar surface area (TPSA) is 56.5 Å². The van der Waals surface area contributed by atoms with Crippen LogP contribution in [0.25, 0.3) is 0 Å². The lowest BCUT2D eigenvalue weighted by molar-refractivity contribution is 0.124. The van der Waals surface area contributed by atoms with Gasteiger partial charge in [0.25, 0.3) is 0 Å². The number of nitrogens with two attached hydrogens (primary N) is 1. The van der Waals surface area contributed by atoms with Gasteiger partial charge in [0.05, 0.1) is 18.5 Å². The van der Waals surface area contributed by atoms with Crippen LogP contribution in [0.15, 0.2) is 12.1 Å². The molecule has 1 aromatic carbocycles. The fourth-order valence-corrected chi connectivity index (χ4v) is 1.81. The molecule has 0 bridgehead atoms. The molecule has 1 aromatic rings. The van der Waals surface area contributed by atoms with Gasteiger partial charge in [0.15, 0.2) is 0 Å². The van der Waals surface area contributed by atoms with Crippen molar-refractivity contribution in [2.45, 2.75) is 19.3 Å². The molecule has 0 radical (unpaired) electrons. The lowest BCUT2D eigenvalue weighted by atomic mass is 10.2. The zero-order valence-corrected chi connectivity index (χ0v) is 11.2. The molecule has 0 atom stereocenters. The molecule has 0 saturated heterocycles. The van der Waals surface area contributed by atoms with Crippen molar-refractivity contribution in [2.24, 2.45) is 5.92 Å². The van der Waals surface area contributed by atoms with E-state index in [1.807, 2.05) is 0 Å². The van der Waals surface area contributed by atoms with Crippen LogP contribution in [-0.2, 0) is 4.74 Å². The van der Waals surface area contributed by atoms with Crippen LogP contribution in [0.2, 0.25) is 0 Å². The number of rotatable bonds is 8. The fraction of sp³-hybridized carbons (Fsp3) is 0.571. The van der Waals surface area contributed by atoms with Gasteiger partial charge in [0.2, 0.25) is 0 Å². The van der Waals surface area contributed by atoms with Gasteiger partial charge < -0.3 is 20.5 Å². The van der Waals surface area contributed by atoms with Crippen molar-refractivity contribution in [3.63, 3.8) is 0 Å². The maximum atomic E-state index is 13.6. The highest BCUT2D eigenvalue weighted by Gasteiger charge is 2.20. The molecule has 5 heteroatoms. The van der Waals surface area contributed by atoms with Gasteiger partial charge in [0.1, 0.15) is 11.6 Å². The summed E-state index contributed by atoms with van der Waals surface area (Å²) in [5.41, 5.74) is 6.33. The Hall–Kier alpha value is -1.49. The third-order valence-electron chi connectivity index (χ3n) is 3.15. The summed E-state index contributed by atoms with van der Waals surface area (Å²) >= 11 is 0. The standard InChI is InChI=1S/C14H21FN2O2/c1-18-14-8-13(11(15)7-12(14)16)17-5-2-6-19-9-10-3-4-10/h7-8,10,17H,2-6,9,16H2,1H3. The third-order valence-corrected chi connectivity index (χ3v) is 3.15. The van der Waals surface area contributed by atoms with E-state index in [1.54, 1.807) is 6.07 Å². The summed E-state index contributed by atoms with van der Waals surface area (Å²) in [6, 6.07) is 2.85. The number of anilines is 2.